The summed E-state index contributed by atoms with van der Waals surface area (Å²) in [4.78, 5) is -1.99. The van der Waals surface area contributed by atoms with Crippen molar-refractivity contribution in [2.75, 3.05) is 40.6 Å². The van der Waals surface area contributed by atoms with Crippen LogP contribution in [0.25, 0.3) is 16.5 Å². The zero-order valence-corrected chi connectivity index (χ0v) is 37.6. The van der Waals surface area contributed by atoms with Crippen molar-refractivity contribution >= 4 is 75.3 Å². The van der Waals surface area contributed by atoms with Crippen LogP contribution in [-0.4, -0.2) is 110 Å². The summed E-state index contributed by atoms with van der Waals surface area (Å²) in [6.45, 7) is 1.24. The van der Waals surface area contributed by atoms with Crippen molar-refractivity contribution < 1.29 is 78.3 Å². The summed E-state index contributed by atoms with van der Waals surface area (Å²) in [6, 6.07) is 13.2. The molecule has 0 spiro atoms. The molecule has 6 rings (SSSR count). The summed E-state index contributed by atoms with van der Waals surface area (Å²) in [5.41, 5.74) is -1.17. The molecular weight excluding hydrogens is 949 g/mol. The number of azo groups is 3. The van der Waals surface area contributed by atoms with Crippen LogP contribution in [0.5, 0.6) is 34.6 Å². The van der Waals surface area contributed by atoms with Gasteiger partial charge in [0, 0.05) is 29.7 Å². The number of aromatic hydroxyl groups is 2. The van der Waals surface area contributed by atoms with Gasteiger partial charge in [0.25, 0.3) is 30.4 Å². The number of phenols is 1. The van der Waals surface area contributed by atoms with E-state index in [9.17, 15) is 59.3 Å². The van der Waals surface area contributed by atoms with Gasteiger partial charge in [-0.25, -0.2) is 0 Å². The number of aliphatic hydroxyl groups is 2. The topological polar surface area (TPSA) is 373 Å². The number of fused-ring (bicyclic) bond motifs is 1. The molecule has 354 valence electrons. The number of hydrogen-bond acceptors (Lipinski definition) is 21. The van der Waals surface area contributed by atoms with E-state index in [-0.39, 0.29) is 92.4 Å². The Labute approximate surface area is 380 Å². The van der Waals surface area contributed by atoms with E-state index in [4.69, 9.17) is 18.9 Å². The molecule has 0 unspecified atom stereocenters. The normalized spacial score (nSPS) is 12.5. The van der Waals surface area contributed by atoms with Crippen LogP contribution in [0.3, 0.4) is 0 Å². The van der Waals surface area contributed by atoms with Crippen molar-refractivity contribution in [2.45, 2.75) is 28.5 Å². The maximum absolute atomic E-state index is 12.8. The highest BCUT2D eigenvalue weighted by Crippen LogP contribution is 2.46. The second kappa shape index (κ2) is 19.7. The number of nitrogens with zero attached hydrogens (tertiary/aromatic N) is 8. The fraction of sp³-hybridized carbons (Fsp3) is 0.205. The molecule has 0 saturated heterocycles. The standard InChI is InChI=1S/C39H38N8O17S3/c1-20-13-27(30(62-4)19-33(20)65(52,53)54)42-44-36-21(2)46-47(39(36)51)23-5-7-25-22(14-23)15-35(67(58,59)60)37(38(25)50)45-43-29-18-31(63-11-9-48)28(17-32(29)64-12-10-49)41-40-26-8-6-24(61-3)16-34(26)66(55,56)57/h5-8,13-19,48-51H,9-12H2,1-4H3,(H,52,53,54)(H,55,56,57)(H,58,59,60). The van der Waals surface area contributed by atoms with E-state index < -0.39 is 75.6 Å². The van der Waals surface area contributed by atoms with E-state index in [1.54, 1.807) is 0 Å². The van der Waals surface area contributed by atoms with E-state index in [0.29, 0.717) is 0 Å². The first-order valence-electron chi connectivity index (χ1n) is 18.9. The molecule has 5 aromatic carbocycles. The molecule has 1 aromatic heterocycles. The van der Waals surface area contributed by atoms with Gasteiger partial charge in [-0.05, 0) is 67.3 Å². The Hall–Kier alpha value is -7.18. The number of benzene rings is 5. The summed E-state index contributed by atoms with van der Waals surface area (Å²) >= 11 is 0. The number of phenolic OH excluding ortho intramolecular Hbond substituents is 1. The average Bonchev–Trinajstić information content (AvgIpc) is 3.56. The van der Waals surface area contributed by atoms with Crippen LogP contribution < -0.4 is 18.9 Å². The maximum atomic E-state index is 12.8. The lowest BCUT2D eigenvalue weighted by molar-refractivity contribution is 0.198. The van der Waals surface area contributed by atoms with Crippen LogP contribution in [0.2, 0.25) is 0 Å². The third kappa shape index (κ3) is 10.9. The lowest BCUT2D eigenvalue weighted by Crippen LogP contribution is -2.04. The Morgan fingerprint density at radius 3 is 1.69 bits per heavy atom. The van der Waals surface area contributed by atoms with Crippen molar-refractivity contribution in [3.8, 4) is 40.3 Å². The minimum atomic E-state index is -5.18. The summed E-state index contributed by atoms with van der Waals surface area (Å²) < 4.78 is 125. The van der Waals surface area contributed by atoms with Gasteiger partial charge in [0.05, 0.1) is 38.8 Å². The van der Waals surface area contributed by atoms with Crippen LogP contribution in [0.15, 0.2) is 112 Å². The number of aromatic nitrogens is 2. The Kier molecular flexibility index (Phi) is 14.5. The van der Waals surface area contributed by atoms with Crippen molar-refractivity contribution in [1.29, 1.82) is 0 Å². The smallest absolute Gasteiger partial charge is 0.296 e. The van der Waals surface area contributed by atoms with Crippen LogP contribution >= 0.6 is 0 Å². The van der Waals surface area contributed by atoms with Crippen molar-refractivity contribution in [3.63, 3.8) is 0 Å². The molecule has 0 aliphatic heterocycles. The Bertz CT molecular complexity index is 3340. The molecule has 0 bridgehead atoms. The van der Waals surface area contributed by atoms with Crippen LogP contribution in [0.1, 0.15) is 11.3 Å². The van der Waals surface area contributed by atoms with E-state index in [1.807, 2.05) is 0 Å². The predicted octanol–water partition coefficient (Wildman–Crippen LogP) is 6.80. The molecule has 0 amide bonds. The highest BCUT2D eigenvalue weighted by Gasteiger charge is 2.25. The molecule has 67 heavy (non-hydrogen) atoms. The minimum Gasteiger partial charge on any atom is -0.505 e. The molecule has 7 N–H and O–H groups in total. The molecule has 28 heteroatoms. The molecule has 0 radical (unpaired) electrons. The lowest BCUT2D eigenvalue weighted by atomic mass is 10.1. The van der Waals surface area contributed by atoms with Gasteiger partial charge in [-0.1, -0.05) is 0 Å². The Balaban J connectivity index is 1.41. The first-order chi connectivity index (χ1) is 31.6. The SMILES string of the molecule is COc1ccc(N=Nc2cc(OCCO)c(N=Nc3c(S(=O)(=O)O)cc4cc(-n5nc(C)c(N=Nc6cc(C)c(S(=O)(=O)O)cc6OC)c5O)ccc4c3O)cc2OCCO)c(S(=O)(=O)O)c1. The van der Waals surface area contributed by atoms with Crippen molar-refractivity contribution in [3.05, 3.63) is 78.0 Å². The first-order valence-corrected chi connectivity index (χ1v) is 23.2. The third-order valence-corrected chi connectivity index (χ3v) is 12.0. The molecule has 0 atom stereocenters. The van der Waals surface area contributed by atoms with Crippen molar-refractivity contribution in [2.24, 2.45) is 30.7 Å². The average molecular weight is 987 g/mol. The molecule has 0 aliphatic rings. The highest BCUT2D eigenvalue weighted by molar-refractivity contribution is 7.86. The molecular formula is C39H38N8O17S3. The number of aliphatic hydroxyl groups excluding tert-OH is 2. The number of ether oxygens (including phenoxy) is 4. The number of aryl methyl sites for hydroxylation is 2. The van der Waals surface area contributed by atoms with Crippen LogP contribution in [-0.2, 0) is 30.4 Å². The van der Waals surface area contributed by atoms with E-state index in [0.717, 1.165) is 28.9 Å². The quantitative estimate of drug-likeness (QED) is 0.0344. The molecule has 0 saturated carbocycles. The zero-order valence-electron chi connectivity index (χ0n) is 35.2. The second-order valence-corrected chi connectivity index (χ2v) is 17.9. The van der Waals surface area contributed by atoms with E-state index in [2.05, 4.69) is 35.8 Å². The first kappa shape index (κ1) is 49.3. The summed E-state index contributed by atoms with van der Waals surface area (Å²) in [5.74, 6) is -1.67. The van der Waals surface area contributed by atoms with Gasteiger partial charge in [-0.3, -0.25) is 13.7 Å². The Morgan fingerprint density at radius 1 is 0.582 bits per heavy atom. The fourth-order valence-corrected chi connectivity index (χ4v) is 8.22. The monoisotopic (exact) mass is 986 g/mol. The molecule has 1 heterocycles. The van der Waals surface area contributed by atoms with Gasteiger partial charge in [-0.15, -0.1) is 30.7 Å². The van der Waals surface area contributed by atoms with Crippen LogP contribution in [0, 0.1) is 13.8 Å². The third-order valence-electron chi connectivity index (χ3n) is 9.28. The maximum Gasteiger partial charge on any atom is 0.296 e. The molecule has 6 aromatic rings. The molecule has 0 fully saturated rings. The van der Waals surface area contributed by atoms with Gasteiger partial charge in [0.1, 0.15) is 79.3 Å². The molecule has 25 nitrogen and oxygen atoms in total. The van der Waals surface area contributed by atoms with Gasteiger partial charge in [0.15, 0.2) is 11.4 Å². The second-order valence-electron chi connectivity index (χ2n) is 13.7. The van der Waals surface area contributed by atoms with Gasteiger partial charge >= 0.3 is 0 Å². The number of hydrogen-bond donors (Lipinski definition) is 7. The van der Waals surface area contributed by atoms with Gasteiger partial charge in [0.2, 0.25) is 5.88 Å². The minimum absolute atomic E-state index is 0.00757. The Morgan fingerprint density at radius 2 is 1.13 bits per heavy atom. The summed E-state index contributed by atoms with van der Waals surface area (Å²) in [5, 5.41) is 70.1. The number of rotatable bonds is 18. The van der Waals surface area contributed by atoms with Crippen LogP contribution in [0.4, 0.5) is 34.1 Å². The summed E-state index contributed by atoms with van der Waals surface area (Å²) in [7, 11) is -12.1. The number of methoxy groups -OCH3 is 2. The lowest BCUT2D eigenvalue weighted by Gasteiger charge is -2.13. The fourth-order valence-electron chi connectivity index (χ4n) is 6.21. The largest absolute Gasteiger partial charge is 0.505 e. The van der Waals surface area contributed by atoms with Crippen molar-refractivity contribution in [1.82, 2.24) is 9.78 Å². The van der Waals surface area contributed by atoms with E-state index >= 15 is 0 Å². The van der Waals surface area contributed by atoms with E-state index in [1.165, 1.54) is 70.5 Å². The van der Waals surface area contributed by atoms with Gasteiger partial charge in [-0.2, -0.15) is 35.0 Å². The molecule has 0 aliphatic carbocycles. The van der Waals surface area contributed by atoms with Gasteiger partial charge < -0.3 is 39.4 Å². The highest BCUT2D eigenvalue weighted by atomic mass is 32.2. The summed E-state index contributed by atoms with van der Waals surface area (Å²) in [6.07, 6.45) is 0. The predicted molar refractivity (Wildman–Crippen MR) is 233 cm³/mol. The zero-order chi connectivity index (χ0) is 49.0.